The Morgan fingerprint density at radius 3 is 2.25 bits per heavy atom. The van der Waals surface area contributed by atoms with Crippen LogP contribution in [0.25, 0.3) is 0 Å². The largest absolute Gasteiger partial charge is 0.386 e. The van der Waals surface area contributed by atoms with Gasteiger partial charge < -0.3 is 4.74 Å². The van der Waals surface area contributed by atoms with E-state index in [0.29, 0.717) is 0 Å². The molecule has 0 N–H and O–H groups in total. The van der Waals surface area contributed by atoms with Crippen LogP contribution in [0.2, 0.25) is 0 Å². The maximum atomic E-state index is 11.8. The highest BCUT2D eigenvalue weighted by Crippen LogP contribution is 2.31. The van der Waals surface area contributed by atoms with Gasteiger partial charge in [0, 0.05) is 6.42 Å². The van der Waals surface area contributed by atoms with Gasteiger partial charge in [-0.15, -0.1) is 0 Å². The van der Waals surface area contributed by atoms with Gasteiger partial charge in [0.2, 0.25) is 0 Å². The Bertz CT molecular complexity index is 93.3. The molecule has 0 aromatic heterocycles. The standard InChI is InChI=1S/C4H5F3O/c5-3-1-2-8-4(3,6)7/h3H,1-2H2. The van der Waals surface area contributed by atoms with E-state index >= 15 is 0 Å². The highest BCUT2D eigenvalue weighted by Gasteiger charge is 2.46. The first kappa shape index (κ1) is 5.88. The van der Waals surface area contributed by atoms with E-state index < -0.39 is 12.3 Å². The molecule has 8 heavy (non-hydrogen) atoms. The Hall–Kier alpha value is -0.250. The molecule has 1 aliphatic heterocycles. The normalized spacial score (nSPS) is 35.6. The molecule has 1 nitrogen and oxygen atoms in total. The molecule has 0 amide bonds. The quantitative estimate of drug-likeness (QED) is 0.475. The van der Waals surface area contributed by atoms with E-state index in [9.17, 15) is 13.2 Å². The van der Waals surface area contributed by atoms with Crippen LogP contribution in [0.1, 0.15) is 6.42 Å². The van der Waals surface area contributed by atoms with Gasteiger partial charge in [0.15, 0.2) is 6.17 Å². The lowest BCUT2D eigenvalue weighted by molar-refractivity contribution is -0.232. The van der Waals surface area contributed by atoms with Gasteiger partial charge in [0.25, 0.3) is 0 Å². The second-order valence-corrected chi connectivity index (χ2v) is 1.67. The number of rotatable bonds is 0. The Labute approximate surface area is 44.4 Å². The Morgan fingerprint density at radius 2 is 2.12 bits per heavy atom. The molecular weight excluding hydrogens is 121 g/mol. The minimum absolute atomic E-state index is 0.172. The van der Waals surface area contributed by atoms with E-state index in [4.69, 9.17) is 0 Å². The summed E-state index contributed by atoms with van der Waals surface area (Å²) in [6.45, 7) is -0.172. The number of halogens is 3. The van der Waals surface area contributed by atoms with Crippen LogP contribution < -0.4 is 0 Å². The van der Waals surface area contributed by atoms with Crippen LogP contribution in [0.15, 0.2) is 0 Å². The maximum Gasteiger partial charge on any atom is 0.386 e. The lowest BCUT2D eigenvalue weighted by Crippen LogP contribution is -2.24. The van der Waals surface area contributed by atoms with Crippen molar-refractivity contribution >= 4 is 0 Å². The molecule has 0 aromatic rings. The average molecular weight is 126 g/mol. The van der Waals surface area contributed by atoms with Crippen molar-refractivity contribution in [2.75, 3.05) is 6.61 Å². The Kier molecular flexibility index (Phi) is 1.19. The molecule has 1 rings (SSSR count). The van der Waals surface area contributed by atoms with Gasteiger partial charge in [-0.3, -0.25) is 0 Å². The SMILES string of the molecule is FC1CCOC1(F)F. The van der Waals surface area contributed by atoms with Gasteiger partial charge in [-0.1, -0.05) is 0 Å². The number of ether oxygens (including phenoxy) is 1. The van der Waals surface area contributed by atoms with Crippen molar-refractivity contribution in [1.29, 1.82) is 0 Å². The summed E-state index contributed by atoms with van der Waals surface area (Å²) in [6.07, 6.45) is -5.80. The summed E-state index contributed by atoms with van der Waals surface area (Å²) in [4.78, 5) is 0. The molecule has 4 heteroatoms. The van der Waals surface area contributed by atoms with Crippen LogP contribution in [0.5, 0.6) is 0 Å². The summed E-state index contributed by atoms with van der Waals surface area (Å²) < 4.78 is 39.1. The molecule has 1 unspecified atom stereocenters. The summed E-state index contributed by atoms with van der Waals surface area (Å²) in [7, 11) is 0. The van der Waals surface area contributed by atoms with Crippen molar-refractivity contribution < 1.29 is 17.9 Å². The molecule has 0 saturated carbocycles. The molecule has 0 bridgehead atoms. The minimum atomic E-state index is -3.51. The third-order valence-corrected chi connectivity index (χ3v) is 1.03. The summed E-state index contributed by atoms with van der Waals surface area (Å²) in [6, 6.07) is 0. The van der Waals surface area contributed by atoms with Gasteiger partial charge in [0.05, 0.1) is 6.61 Å². The molecule has 48 valence electrons. The van der Waals surface area contributed by atoms with Crippen molar-refractivity contribution in [2.45, 2.75) is 18.7 Å². The topological polar surface area (TPSA) is 9.23 Å². The van der Waals surface area contributed by atoms with Crippen LogP contribution in [-0.4, -0.2) is 18.9 Å². The van der Waals surface area contributed by atoms with Crippen molar-refractivity contribution in [3.63, 3.8) is 0 Å². The molecule has 0 radical (unpaired) electrons. The Balaban J connectivity index is 2.54. The third-order valence-electron chi connectivity index (χ3n) is 1.03. The molecular formula is C4H5F3O. The molecule has 0 spiro atoms. The summed E-state index contributed by atoms with van der Waals surface area (Å²) >= 11 is 0. The summed E-state index contributed by atoms with van der Waals surface area (Å²) in [5, 5.41) is 0. The fourth-order valence-electron chi connectivity index (χ4n) is 0.557. The van der Waals surface area contributed by atoms with E-state index in [0.717, 1.165) is 0 Å². The zero-order valence-corrected chi connectivity index (χ0v) is 4.03. The number of hydrogen-bond donors (Lipinski definition) is 0. The summed E-state index contributed by atoms with van der Waals surface area (Å²) in [5.74, 6) is 0. The third kappa shape index (κ3) is 0.798. The van der Waals surface area contributed by atoms with Crippen LogP contribution in [0.3, 0.4) is 0 Å². The van der Waals surface area contributed by atoms with Crippen molar-refractivity contribution in [2.24, 2.45) is 0 Å². The van der Waals surface area contributed by atoms with Crippen molar-refractivity contribution in [3.05, 3.63) is 0 Å². The smallest absolute Gasteiger partial charge is 0.318 e. The first-order valence-corrected chi connectivity index (χ1v) is 2.29. The fraction of sp³-hybridized carbons (Fsp3) is 1.00. The van der Waals surface area contributed by atoms with Gasteiger partial charge in [-0.25, -0.2) is 4.39 Å². The molecule has 1 saturated heterocycles. The van der Waals surface area contributed by atoms with E-state index in [-0.39, 0.29) is 13.0 Å². The van der Waals surface area contributed by atoms with E-state index in [1.165, 1.54) is 0 Å². The van der Waals surface area contributed by atoms with Crippen LogP contribution >= 0.6 is 0 Å². The average Bonchev–Trinajstić information content (AvgIpc) is 1.86. The van der Waals surface area contributed by atoms with Gasteiger partial charge in [-0.05, 0) is 0 Å². The maximum absolute atomic E-state index is 11.8. The molecule has 1 aliphatic rings. The molecule has 1 heterocycles. The summed E-state index contributed by atoms with van der Waals surface area (Å²) in [5.41, 5.74) is 0. The lowest BCUT2D eigenvalue weighted by atomic mass is 10.3. The second kappa shape index (κ2) is 1.62. The zero-order chi connectivity index (χ0) is 6.20. The monoisotopic (exact) mass is 126 g/mol. The van der Waals surface area contributed by atoms with Crippen molar-refractivity contribution in [1.82, 2.24) is 0 Å². The predicted octanol–water partition coefficient (Wildman–Crippen LogP) is 1.34. The zero-order valence-electron chi connectivity index (χ0n) is 4.03. The van der Waals surface area contributed by atoms with E-state index in [1.807, 2.05) is 0 Å². The van der Waals surface area contributed by atoms with Crippen LogP contribution in [-0.2, 0) is 4.74 Å². The lowest BCUT2D eigenvalue weighted by Gasteiger charge is -2.07. The minimum Gasteiger partial charge on any atom is -0.318 e. The number of alkyl halides is 3. The van der Waals surface area contributed by atoms with Gasteiger partial charge >= 0.3 is 6.11 Å². The molecule has 0 aromatic carbocycles. The molecule has 1 atom stereocenters. The molecule has 1 fully saturated rings. The first-order valence-electron chi connectivity index (χ1n) is 2.29. The van der Waals surface area contributed by atoms with Gasteiger partial charge in [0.1, 0.15) is 0 Å². The number of hydrogen-bond acceptors (Lipinski definition) is 1. The predicted molar refractivity (Wildman–Crippen MR) is 20.4 cm³/mol. The van der Waals surface area contributed by atoms with Crippen LogP contribution in [0, 0.1) is 0 Å². The van der Waals surface area contributed by atoms with Crippen molar-refractivity contribution in [3.8, 4) is 0 Å². The molecule has 0 aliphatic carbocycles. The fourth-order valence-corrected chi connectivity index (χ4v) is 0.557. The van der Waals surface area contributed by atoms with E-state index in [2.05, 4.69) is 4.74 Å². The highest BCUT2D eigenvalue weighted by molar-refractivity contribution is 4.72. The second-order valence-electron chi connectivity index (χ2n) is 1.67. The first-order chi connectivity index (χ1) is 3.63. The highest BCUT2D eigenvalue weighted by atomic mass is 19.3. The van der Waals surface area contributed by atoms with Gasteiger partial charge in [-0.2, -0.15) is 8.78 Å². The Morgan fingerprint density at radius 1 is 1.50 bits per heavy atom. The van der Waals surface area contributed by atoms with E-state index in [1.54, 1.807) is 0 Å². The van der Waals surface area contributed by atoms with Crippen LogP contribution in [0.4, 0.5) is 13.2 Å².